The zero-order valence-electron chi connectivity index (χ0n) is 13.5. The summed E-state index contributed by atoms with van der Waals surface area (Å²) in [5, 5.41) is 0.700. The molecular formula is C19H21BrClN3. The third kappa shape index (κ3) is 3.46. The van der Waals surface area contributed by atoms with Crippen LogP contribution in [0.4, 0.5) is 5.82 Å². The minimum atomic E-state index is 0.625. The average molecular weight is 407 g/mol. The Kier molecular flexibility index (Phi) is 4.79. The van der Waals surface area contributed by atoms with Crippen molar-refractivity contribution in [2.75, 3.05) is 24.5 Å². The molecule has 3 nitrogen and oxygen atoms in total. The van der Waals surface area contributed by atoms with Crippen LogP contribution in [0.15, 0.2) is 47.1 Å². The molecule has 2 aliphatic heterocycles. The second-order valence-corrected chi connectivity index (χ2v) is 8.13. The van der Waals surface area contributed by atoms with Gasteiger partial charge < -0.3 is 4.90 Å². The summed E-state index contributed by atoms with van der Waals surface area (Å²) in [7, 11) is 0. The normalized spacial score (nSPS) is 24.2. The molecule has 0 aliphatic carbocycles. The smallest absolute Gasteiger partial charge is 0.128 e. The van der Waals surface area contributed by atoms with Crippen molar-refractivity contribution in [2.45, 2.75) is 25.4 Å². The molecular weight excluding hydrogens is 386 g/mol. The van der Waals surface area contributed by atoms with Gasteiger partial charge in [0.15, 0.2) is 0 Å². The molecule has 3 heterocycles. The third-order valence-corrected chi connectivity index (χ3v) is 6.06. The highest BCUT2D eigenvalue weighted by atomic mass is 79.9. The highest BCUT2D eigenvalue weighted by Crippen LogP contribution is 2.34. The van der Waals surface area contributed by atoms with Crippen LogP contribution in [0.25, 0.3) is 0 Å². The fourth-order valence-electron chi connectivity index (χ4n) is 4.01. The van der Waals surface area contributed by atoms with E-state index in [1.807, 2.05) is 12.1 Å². The third-order valence-electron chi connectivity index (χ3n) is 5.31. The number of fused-ring (bicyclic) bond motifs is 1. The fourth-order valence-corrected chi connectivity index (χ4v) is 4.39. The van der Waals surface area contributed by atoms with E-state index >= 15 is 0 Å². The van der Waals surface area contributed by atoms with Gasteiger partial charge in [0.1, 0.15) is 5.82 Å². The molecule has 0 N–H and O–H groups in total. The number of pyridine rings is 1. The van der Waals surface area contributed by atoms with E-state index in [0.717, 1.165) is 35.8 Å². The molecule has 0 bridgehead atoms. The van der Waals surface area contributed by atoms with E-state index in [1.54, 1.807) is 6.20 Å². The average Bonchev–Trinajstić information content (AvgIpc) is 3.00. The van der Waals surface area contributed by atoms with E-state index in [0.29, 0.717) is 11.1 Å². The summed E-state index contributed by atoms with van der Waals surface area (Å²) in [5.41, 5.74) is 1.39. The van der Waals surface area contributed by atoms with Crippen molar-refractivity contribution < 1.29 is 0 Å². The number of hydrogen-bond donors (Lipinski definition) is 0. The van der Waals surface area contributed by atoms with Crippen molar-refractivity contribution in [1.29, 1.82) is 0 Å². The maximum atomic E-state index is 5.97. The molecule has 0 saturated carbocycles. The van der Waals surface area contributed by atoms with E-state index in [4.69, 9.17) is 11.6 Å². The molecule has 1 aromatic carbocycles. The Morgan fingerprint density at radius 3 is 2.62 bits per heavy atom. The van der Waals surface area contributed by atoms with Gasteiger partial charge in [0.25, 0.3) is 0 Å². The van der Waals surface area contributed by atoms with Crippen molar-refractivity contribution in [1.82, 2.24) is 9.88 Å². The Balaban J connectivity index is 1.46. The predicted molar refractivity (Wildman–Crippen MR) is 103 cm³/mol. The number of piperidine rings is 1. The fraction of sp³-hybridized carbons (Fsp3) is 0.421. The quantitative estimate of drug-likeness (QED) is 0.742. The lowest BCUT2D eigenvalue weighted by molar-refractivity contribution is 0.200. The molecule has 2 atom stereocenters. The van der Waals surface area contributed by atoms with E-state index in [-0.39, 0.29) is 0 Å². The van der Waals surface area contributed by atoms with Crippen molar-refractivity contribution in [3.8, 4) is 0 Å². The van der Waals surface area contributed by atoms with E-state index in [1.165, 1.54) is 24.9 Å². The topological polar surface area (TPSA) is 19.4 Å². The second kappa shape index (κ2) is 7.03. The molecule has 0 spiro atoms. The summed E-state index contributed by atoms with van der Waals surface area (Å²) in [5.74, 6) is 1.87. The van der Waals surface area contributed by atoms with Crippen LogP contribution in [-0.2, 0) is 6.54 Å². The monoisotopic (exact) mass is 405 g/mol. The first-order chi connectivity index (χ1) is 11.7. The van der Waals surface area contributed by atoms with Gasteiger partial charge in [-0.15, -0.1) is 0 Å². The van der Waals surface area contributed by atoms with Gasteiger partial charge in [0, 0.05) is 36.3 Å². The van der Waals surface area contributed by atoms with Crippen molar-refractivity contribution in [3.05, 3.63) is 57.7 Å². The predicted octanol–water partition coefficient (Wildman–Crippen LogP) is 4.60. The number of nitrogens with zero attached hydrogens (tertiary/aromatic N) is 3. The molecule has 126 valence electrons. The van der Waals surface area contributed by atoms with E-state index < -0.39 is 0 Å². The first kappa shape index (κ1) is 16.4. The largest absolute Gasteiger partial charge is 0.355 e. The van der Waals surface area contributed by atoms with Gasteiger partial charge in [-0.05, 0) is 55.1 Å². The molecule has 24 heavy (non-hydrogen) atoms. The highest BCUT2D eigenvalue weighted by molar-refractivity contribution is 9.10. The Bertz CT molecular complexity index is 689. The number of benzene rings is 1. The lowest BCUT2D eigenvalue weighted by atomic mass is 9.92. The molecule has 0 amide bonds. The van der Waals surface area contributed by atoms with E-state index in [9.17, 15) is 0 Å². The van der Waals surface area contributed by atoms with Crippen LogP contribution in [0.1, 0.15) is 18.4 Å². The number of likely N-dealkylation sites (tertiary alicyclic amines) is 1. The zero-order chi connectivity index (χ0) is 16.5. The molecule has 0 radical (unpaired) electrons. The van der Waals surface area contributed by atoms with Gasteiger partial charge in [-0.3, -0.25) is 4.90 Å². The lowest BCUT2D eigenvalue weighted by Gasteiger charge is -2.39. The van der Waals surface area contributed by atoms with E-state index in [2.05, 4.69) is 55.0 Å². The van der Waals surface area contributed by atoms with Crippen molar-refractivity contribution >= 4 is 33.3 Å². The van der Waals surface area contributed by atoms with Gasteiger partial charge in [-0.1, -0.05) is 39.7 Å². The standard InChI is InChI=1S/C19H21BrClN3/c20-16-3-1-14(2-4-16)12-23-9-7-15-8-10-24(13-18(15)23)19-6-5-17(21)11-22-19/h1-6,11,15,18H,7-10,12-13H2. The summed E-state index contributed by atoms with van der Waals surface area (Å²) in [4.78, 5) is 9.57. The van der Waals surface area contributed by atoms with Crippen LogP contribution in [-0.4, -0.2) is 35.6 Å². The molecule has 1 aromatic heterocycles. The summed E-state index contributed by atoms with van der Waals surface area (Å²) in [6, 6.07) is 13.3. The van der Waals surface area contributed by atoms with Crippen LogP contribution >= 0.6 is 27.5 Å². The van der Waals surface area contributed by atoms with Gasteiger partial charge in [-0.2, -0.15) is 0 Å². The molecule has 2 unspecified atom stereocenters. The van der Waals surface area contributed by atoms with Crippen molar-refractivity contribution in [3.63, 3.8) is 0 Å². The Morgan fingerprint density at radius 2 is 1.88 bits per heavy atom. The van der Waals surface area contributed by atoms with Gasteiger partial charge >= 0.3 is 0 Å². The Labute approximate surface area is 156 Å². The summed E-state index contributed by atoms with van der Waals surface area (Å²) >= 11 is 9.49. The molecule has 2 saturated heterocycles. The van der Waals surface area contributed by atoms with Crippen LogP contribution in [0.5, 0.6) is 0 Å². The maximum Gasteiger partial charge on any atom is 0.128 e. The number of rotatable bonds is 3. The molecule has 2 fully saturated rings. The molecule has 4 rings (SSSR count). The number of hydrogen-bond acceptors (Lipinski definition) is 3. The van der Waals surface area contributed by atoms with Crippen LogP contribution in [0.3, 0.4) is 0 Å². The molecule has 5 heteroatoms. The van der Waals surface area contributed by atoms with Crippen LogP contribution in [0, 0.1) is 5.92 Å². The minimum Gasteiger partial charge on any atom is -0.355 e. The van der Waals surface area contributed by atoms with Crippen LogP contribution < -0.4 is 4.90 Å². The van der Waals surface area contributed by atoms with Crippen molar-refractivity contribution in [2.24, 2.45) is 5.92 Å². The molecule has 2 aliphatic rings. The minimum absolute atomic E-state index is 0.625. The SMILES string of the molecule is Clc1ccc(N2CCC3CCN(Cc4ccc(Br)cc4)C3C2)nc1. The number of aromatic nitrogens is 1. The first-order valence-corrected chi connectivity index (χ1v) is 9.71. The van der Waals surface area contributed by atoms with Gasteiger partial charge in [0.2, 0.25) is 0 Å². The Morgan fingerprint density at radius 1 is 1.08 bits per heavy atom. The lowest BCUT2D eigenvalue weighted by Crippen LogP contribution is -2.48. The van der Waals surface area contributed by atoms with Crippen LogP contribution in [0.2, 0.25) is 5.02 Å². The summed E-state index contributed by atoms with van der Waals surface area (Å²) in [6.07, 6.45) is 4.33. The van der Waals surface area contributed by atoms with Gasteiger partial charge in [-0.25, -0.2) is 4.98 Å². The van der Waals surface area contributed by atoms with Gasteiger partial charge in [0.05, 0.1) is 5.02 Å². The zero-order valence-corrected chi connectivity index (χ0v) is 15.9. The summed E-state index contributed by atoms with van der Waals surface area (Å²) < 4.78 is 1.14. The maximum absolute atomic E-state index is 5.97. The highest BCUT2D eigenvalue weighted by Gasteiger charge is 2.38. The number of halogens is 2. The molecule has 2 aromatic rings. The summed E-state index contributed by atoms with van der Waals surface area (Å²) in [6.45, 7) is 4.40. The number of anilines is 1. The second-order valence-electron chi connectivity index (χ2n) is 6.78. The first-order valence-electron chi connectivity index (χ1n) is 8.54. The Hall–Kier alpha value is -1.10.